The van der Waals surface area contributed by atoms with Gasteiger partial charge < -0.3 is 25.6 Å². The average Bonchev–Trinajstić information content (AvgIpc) is 2.85. The van der Waals surface area contributed by atoms with Gasteiger partial charge in [-0.2, -0.15) is 4.98 Å². The summed E-state index contributed by atoms with van der Waals surface area (Å²) in [5, 5.41) is 9.89. The average molecular weight is 568 g/mol. The van der Waals surface area contributed by atoms with Crippen molar-refractivity contribution in [2.75, 3.05) is 59.8 Å². The molecule has 0 unspecified atom stereocenters. The number of hydrogen-bond acceptors (Lipinski definition) is 11. The Balaban J connectivity index is 1.26. The van der Waals surface area contributed by atoms with Gasteiger partial charge in [0.1, 0.15) is 16.3 Å². The number of methoxy groups -OCH3 is 1. The van der Waals surface area contributed by atoms with Gasteiger partial charge in [0.2, 0.25) is 16.0 Å². The molecule has 4 N–H and O–H groups in total. The first-order valence-corrected chi connectivity index (χ1v) is 14.4. The summed E-state index contributed by atoms with van der Waals surface area (Å²) >= 11 is 6.41. The van der Waals surface area contributed by atoms with E-state index >= 15 is 0 Å². The first-order valence-electron chi connectivity index (χ1n) is 12.1. The first kappa shape index (κ1) is 25.3. The molecule has 2 aliphatic rings. The number of halogens is 1. The molecule has 14 heteroatoms. The van der Waals surface area contributed by atoms with Gasteiger partial charge in [0, 0.05) is 55.7 Å². The summed E-state index contributed by atoms with van der Waals surface area (Å²) in [5.41, 5.74) is 3.74. The van der Waals surface area contributed by atoms with E-state index in [0.717, 1.165) is 38.1 Å². The van der Waals surface area contributed by atoms with Crippen molar-refractivity contribution >= 4 is 67.2 Å². The molecule has 4 heterocycles. The van der Waals surface area contributed by atoms with Crippen molar-refractivity contribution in [2.45, 2.75) is 0 Å². The smallest absolute Gasteiger partial charge is 0.229 e. The second-order valence-corrected chi connectivity index (χ2v) is 11.9. The molecule has 2 aromatic carbocycles. The minimum absolute atomic E-state index is 0.231. The molecule has 2 aliphatic heterocycles. The van der Waals surface area contributed by atoms with Crippen LogP contribution in [-0.2, 0) is 10.0 Å². The van der Waals surface area contributed by atoms with Crippen LogP contribution in [0.5, 0.6) is 5.75 Å². The van der Waals surface area contributed by atoms with E-state index < -0.39 is 10.0 Å². The van der Waals surface area contributed by atoms with Gasteiger partial charge in [-0.1, -0.05) is 11.6 Å². The first-order chi connectivity index (χ1) is 18.7. The van der Waals surface area contributed by atoms with Crippen molar-refractivity contribution in [2.24, 2.45) is 5.41 Å². The topological polar surface area (TPSA) is 146 Å². The van der Waals surface area contributed by atoms with Crippen LogP contribution in [0.2, 0.25) is 5.02 Å². The number of sulfonamides is 1. The van der Waals surface area contributed by atoms with Crippen LogP contribution in [0.4, 0.5) is 34.5 Å². The van der Waals surface area contributed by atoms with E-state index in [4.69, 9.17) is 16.3 Å². The van der Waals surface area contributed by atoms with E-state index in [2.05, 4.69) is 45.5 Å². The monoisotopic (exact) mass is 567 g/mol. The third kappa shape index (κ3) is 5.07. The molecule has 0 aliphatic carbocycles. The molecule has 39 heavy (non-hydrogen) atoms. The van der Waals surface area contributed by atoms with Gasteiger partial charge in [0.15, 0.2) is 5.82 Å². The summed E-state index contributed by atoms with van der Waals surface area (Å²) in [5.74, 6) is 1.19. The maximum atomic E-state index is 12.1. The molecule has 1 spiro atoms. The predicted molar refractivity (Wildman–Crippen MR) is 152 cm³/mol. The number of nitrogens with zero attached hydrogens (tertiary/aromatic N) is 5. The molecule has 2 aromatic heterocycles. The zero-order valence-electron chi connectivity index (χ0n) is 21.2. The van der Waals surface area contributed by atoms with Crippen molar-refractivity contribution in [3.05, 3.63) is 53.9 Å². The van der Waals surface area contributed by atoms with Crippen LogP contribution >= 0.6 is 11.6 Å². The zero-order valence-corrected chi connectivity index (χ0v) is 22.8. The molecule has 0 saturated carbocycles. The van der Waals surface area contributed by atoms with E-state index in [9.17, 15) is 8.42 Å². The highest BCUT2D eigenvalue weighted by Gasteiger charge is 2.47. The number of fused-ring (bicyclic) bond motifs is 1. The van der Waals surface area contributed by atoms with Gasteiger partial charge in [0.05, 0.1) is 42.1 Å². The van der Waals surface area contributed by atoms with Crippen molar-refractivity contribution in [1.29, 1.82) is 0 Å². The second-order valence-electron chi connectivity index (χ2n) is 9.77. The van der Waals surface area contributed by atoms with E-state index in [0.29, 0.717) is 33.6 Å². The fraction of sp³-hybridized carbons (Fsp3) is 0.280. The molecule has 0 radical (unpaired) electrons. The Labute approximate surface area is 230 Å². The van der Waals surface area contributed by atoms with Crippen molar-refractivity contribution < 1.29 is 13.2 Å². The minimum Gasteiger partial charge on any atom is -0.494 e. The third-order valence-electron chi connectivity index (χ3n) is 6.77. The number of hydrogen-bond donors (Lipinski definition) is 4. The van der Waals surface area contributed by atoms with Crippen LogP contribution < -0.4 is 30.3 Å². The maximum Gasteiger partial charge on any atom is 0.229 e. The lowest BCUT2D eigenvalue weighted by molar-refractivity contribution is 0.121. The Morgan fingerprint density at radius 2 is 1.82 bits per heavy atom. The van der Waals surface area contributed by atoms with Crippen LogP contribution in [0.1, 0.15) is 0 Å². The Hall–Kier alpha value is -3.94. The summed E-state index contributed by atoms with van der Waals surface area (Å²) in [6.07, 6.45) is 5.54. The molecule has 12 nitrogen and oxygen atoms in total. The normalized spacial score (nSPS) is 15.9. The van der Waals surface area contributed by atoms with E-state index in [1.54, 1.807) is 19.2 Å². The highest BCUT2D eigenvalue weighted by molar-refractivity contribution is 7.92. The Morgan fingerprint density at radius 3 is 2.54 bits per heavy atom. The van der Waals surface area contributed by atoms with Gasteiger partial charge >= 0.3 is 0 Å². The summed E-state index contributed by atoms with van der Waals surface area (Å²) in [7, 11) is -2.00. The lowest BCUT2D eigenvalue weighted by Crippen LogP contribution is -2.71. The lowest BCUT2D eigenvalue weighted by Gasteiger charge is -2.57. The van der Waals surface area contributed by atoms with Crippen LogP contribution in [0, 0.1) is 5.41 Å². The number of benzene rings is 2. The molecular formula is C25H26ClN9O3S. The Kier molecular flexibility index (Phi) is 6.28. The SMILES string of the molecule is COc1cc(N2CC3(CNC3)C2)ccc1Nc1ncc(Cl)c(Nc2ccc3nccnc3c2NS(C)(=O)=O)n1. The standard InChI is InChI=1S/C25H26ClN9O3S/c1-38-20-9-15(35-13-25(14-35)11-27-12-25)3-4-17(20)32-24-30-10-16(26)23(33-24)31-19-6-5-18-21(29-8-7-28-18)22(19)34-39(2,36)37/h3-10,27,34H,11-14H2,1-2H3,(H2,30,31,32,33). The number of ether oxygens (including phenoxy) is 1. The summed E-state index contributed by atoms with van der Waals surface area (Å²) < 4.78 is 32.4. The minimum atomic E-state index is -3.62. The van der Waals surface area contributed by atoms with Crippen LogP contribution in [0.15, 0.2) is 48.9 Å². The lowest BCUT2D eigenvalue weighted by atomic mass is 9.74. The van der Waals surface area contributed by atoms with Gasteiger partial charge in [-0.3, -0.25) is 14.7 Å². The maximum absolute atomic E-state index is 12.1. The fourth-order valence-electron chi connectivity index (χ4n) is 4.82. The quantitative estimate of drug-likeness (QED) is 0.248. The van der Waals surface area contributed by atoms with Crippen LogP contribution in [-0.4, -0.2) is 67.9 Å². The number of aromatic nitrogens is 4. The van der Waals surface area contributed by atoms with Gasteiger partial charge in [-0.25, -0.2) is 13.4 Å². The Bertz CT molecular complexity index is 1670. The summed E-state index contributed by atoms with van der Waals surface area (Å²) in [4.78, 5) is 19.7. The third-order valence-corrected chi connectivity index (χ3v) is 7.63. The molecule has 202 valence electrons. The van der Waals surface area contributed by atoms with Crippen molar-refractivity contribution in [3.8, 4) is 5.75 Å². The number of nitrogens with one attached hydrogen (secondary N) is 4. The van der Waals surface area contributed by atoms with E-state index in [1.165, 1.54) is 18.6 Å². The Morgan fingerprint density at radius 1 is 1.05 bits per heavy atom. The molecular weight excluding hydrogens is 542 g/mol. The van der Waals surface area contributed by atoms with E-state index in [1.807, 2.05) is 18.2 Å². The van der Waals surface area contributed by atoms with Crippen LogP contribution in [0.3, 0.4) is 0 Å². The van der Waals surface area contributed by atoms with Crippen molar-refractivity contribution in [3.63, 3.8) is 0 Å². The molecule has 0 amide bonds. The van der Waals surface area contributed by atoms with Crippen molar-refractivity contribution in [1.82, 2.24) is 25.3 Å². The van der Waals surface area contributed by atoms with E-state index in [-0.39, 0.29) is 22.5 Å². The van der Waals surface area contributed by atoms with Gasteiger partial charge in [0.25, 0.3) is 0 Å². The number of rotatable bonds is 8. The molecule has 0 bridgehead atoms. The predicted octanol–water partition coefficient (Wildman–Crippen LogP) is 3.35. The zero-order chi connectivity index (χ0) is 27.2. The highest BCUT2D eigenvalue weighted by atomic mass is 35.5. The van der Waals surface area contributed by atoms with Crippen LogP contribution in [0.25, 0.3) is 11.0 Å². The molecule has 4 aromatic rings. The molecule has 2 saturated heterocycles. The highest BCUT2D eigenvalue weighted by Crippen LogP contribution is 2.40. The molecule has 2 fully saturated rings. The second kappa shape index (κ2) is 9.67. The summed E-state index contributed by atoms with van der Waals surface area (Å²) in [6.45, 7) is 4.20. The number of anilines is 6. The van der Waals surface area contributed by atoms with Gasteiger partial charge in [-0.05, 0) is 24.3 Å². The molecule has 6 rings (SSSR count). The molecule has 0 atom stereocenters. The summed E-state index contributed by atoms with van der Waals surface area (Å²) in [6, 6.07) is 9.37. The van der Waals surface area contributed by atoms with Gasteiger partial charge in [-0.15, -0.1) is 0 Å². The fourth-order valence-corrected chi connectivity index (χ4v) is 5.54. The largest absolute Gasteiger partial charge is 0.494 e.